The van der Waals surface area contributed by atoms with Gasteiger partial charge in [0.05, 0.1) is 11.2 Å². The molecule has 4 heteroatoms. The van der Waals surface area contributed by atoms with Gasteiger partial charge in [-0.05, 0) is 32.0 Å². The first-order valence-electron chi connectivity index (χ1n) is 5.29. The molecule has 1 aromatic rings. The second-order valence-corrected chi connectivity index (χ2v) is 5.55. The van der Waals surface area contributed by atoms with Crippen molar-refractivity contribution in [1.82, 2.24) is 9.88 Å². The largest absolute Gasteiger partial charge is 0.330 e. The van der Waals surface area contributed by atoms with E-state index in [-0.39, 0.29) is 5.41 Å². The van der Waals surface area contributed by atoms with Crippen LogP contribution in [0.3, 0.4) is 0 Å². The van der Waals surface area contributed by atoms with E-state index in [2.05, 4.69) is 36.2 Å². The van der Waals surface area contributed by atoms with Crippen LogP contribution < -0.4 is 5.73 Å². The van der Waals surface area contributed by atoms with Gasteiger partial charge < -0.3 is 10.6 Å². The summed E-state index contributed by atoms with van der Waals surface area (Å²) in [6, 6.07) is 0. The minimum Gasteiger partial charge on any atom is -0.330 e. The number of rotatable bonds is 6. The summed E-state index contributed by atoms with van der Waals surface area (Å²) in [6.45, 7) is 7.18. The van der Waals surface area contributed by atoms with Gasteiger partial charge in [-0.15, -0.1) is 11.3 Å². The molecule has 0 saturated carbocycles. The highest BCUT2D eigenvalue weighted by Crippen LogP contribution is 2.18. The zero-order valence-corrected chi connectivity index (χ0v) is 10.7. The van der Waals surface area contributed by atoms with Crippen molar-refractivity contribution in [3.8, 4) is 0 Å². The van der Waals surface area contributed by atoms with Crippen molar-refractivity contribution in [1.29, 1.82) is 0 Å². The molecular formula is C11H21N3S. The SMILES string of the molecule is CN(CCC(C)(C)CN)Cc1cscn1. The van der Waals surface area contributed by atoms with Gasteiger partial charge in [0.15, 0.2) is 0 Å². The maximum Gasteiger partial charge on any atom is 0.0795 e. The fourth-order valence-corrected chi connectivity index (χ4v) is 1.82. The van der Waals surface area contributed by atoms with E-state index in [0.717, 1.165) is 31.7 Å². The Bertz CT molecular complexity index is 269. The van der Waals surface area contributed by atoms with Crippen molar-refractivity contribution >= 4 is 11.3 Å². The number of aromatic nitrogens is 1. The van der Waals surface area contributed by atoms with Gasteiger partial charge >= 0.3 is 0 Å². The zero-order chi connectivity index (χ0) is 11.3. The molecule has 0 atom stereocenters. The normalized spacial score (nSPS) is 12.3. The van der Waals surface area contributed by atoms with E-state index in [1.54, 1.807) is 11.3 Å². The molecule has 0 aromatic carbocycles. The number of hydrogen-bond donors (Lipinski definition) is 1. The van der Waals surface area contributed by atoms with E-state index in [4.69, 9.17) is 5.73 Å². The van der Waals surface area contributed by atoms with Gasteiger partial charge in [0.25, 0.3) is 0 Å². The van der Waals surface area contributed by atoms with Crippen molar-refractivity contribution < 1.29 is 0 Å². The van der Waals surface area contributed by atoms with Crippen LogP contribution in [0.5, 0.6) is 0 Å². The highest BCUT2D eigenvalue weighted by Gasteiger charge is 2.16. The predicted molar refractivity (Wildman–Crippen MR) is 65.9 cm³/mol. The summed E-state index contributed by atoms with van der Waals surface area (Å²) in [6.07, 6.45) is 1.13. The highest BCUT2D eigenvalue weighted by atomic mass is 32.1. The molecule has 0 aliphatic heterocycles. The smallest absolute Gasteiger partial charge is 0.0795 e. The van der Waals surface area contributed by atoms with Crippen molar-refractivity contribution in [3.63, 3.8) is 0 Å². The standard InChI is InChI=1S/C11H21N3S/c1-11(2,8-12)4-5-14(3)6-10-7-15-9-13-10/h7,9H,4-6,8,12H2,1-3H3. The van der Waals surface area contributed by atoms with E-state index in [0.29, 0.717) is 0 Å². The lowest BCUT2D eigenvalue weighted by Crippen LogP contribution is -2.29. The van der Waals surface area contributed by atoms with E-state index in [1.807, 2.05) is 5.51 Å². The lowest BCUT2D eigenvalue weighted by molar-refractivity contribution is 0.247. The Balaban J connectivity index is 2.28. The van der Waals surface area contributed by atoms with E-state index >= 15 is 0 Å². The van der Waals surface area contributed by atoms with Gasteiger partial charge in [0.1, 0.15) is 0 Å². The van der Waals surface area contributed by atoms with Crippen LogP contribution in [0.2, 0.25) is 0 Å². The number of nitrogens with two attached hydrogens (primary N) is 1. The van der Waals surface area contributed by atoms with Crippen LogP contribution in [-0.2, 0) is 6.54 Å². The quantitative estimate of drug-likeness (QED) is 0.807. The molecule has 86 valence electrons. The molecule has 2 N–H and O–H groups in total. The first-order valence-corrected chi connectivity index (χ1v) is 6.23. The Morgan fingerprint density at radius 3 is 2.80 bits per heavy atom. The van der Waals surface area contributed by atoms with Gasteiger partial charge in [-0.3, -0.25) is 0 Å². The molecule has 1 aromatic heterocycles. The Hall–Kier alpha value is -0.450. The van der Waals surface area contributed by atoms with Crippen molar-refractivity contribution in [3.05, 3.63) is 16.6 Å². The third-order valence-corrected chi connectivity index (χ3v) is 3.27. The summed E-state index contributed by atoms with van der Waals surface area (Å²) in [5.74, 6) is 0. The molecule has 15 heavy (non-hydrogen) atoms. The van der Waals surface area contributed by atoms with Crippen LogP contribution in [0.15, 0.2) is 10.9 Å². The topological polar surface area (TPSA) is 42.1 Å². The summed E-state index contributed by atoms with van der Waals surface area (Å²) in [7, 11) is 2.13. The second kappa shape index (κ2) is 5.58. The Labute approximate surface area is 96.3 Å². The number of nitrogens with zero attached hydrogens (tertiary/aromatic N) is 2. The van der Waals surface area contributed by atoms with Gasteiger partial charge in [0, 0.05) is 11.9 Å². The average molecular weight is 227 g/mol. The van der Waals surface area contributed by atoms with Gasteiger partial charge in [-0.25, -0.2) is 4.98 Å². The van der Waals surface area contributed by atoms with Crippen LogP contribution in [-0.4, -0.2) is 30.0 Å². The maximum atomic E-state index is 5.70. The third kappa shape index (κ3) is 4.73. The summed E-state index contributed by atoms with van der Waals surface area (Å²) < 4.78 is 0. The maximum absolute atomic E-state index is 5.70. The Kier molecular flexibility index (Phi) is 4.70. The van der Waals surface area contributed by atoms with E-state index < -0.39 is 0 Å². The van der Waals surface area contributed by atoms with Gasteiger partial charge in [-0.2, -0.15) is 0 Å². The molecule has 0 radical (unpaired) electrons. The molecule has 0 amide bonds. The fraction of sp³-hybridized carbons (Fsp3) is 0.727. The monoisotopic (exact) mass is 227 g/mol. The van der Waals surface area contributed by atoms with Crippen molar-refractivity contribution in [2.75, 3.05) is 20.1 Å². The molecule has 1 rings (SSSR count). The molecule has 0 spiro atoms. The Morgan fingerprint density at radius 2 is 2.27 bits per heavy atom. The van der Waals surface area contributed by atoms with E-state index in [1.165, 1.54) is 0 Å². The van der Waals surface area contributed by atoms with E-state index in [9.17, 15) is 0 Å². The second-order valence-electron chi connectivity index (χ2n) is 4.84. The summed E-state index contributed by atoms with van der Waals surface area (Å²) in [5.41, 5.74) is 8.99. The number of thiazole rings is 1. The molecule has 0 saturated heterocycles. The molecule has 0 bridgehead atoms. The number of hydrogen-bond acceptors (Lipinski definition) is 4. The predicted octanol–water partition coefficient (Wildman–Crippen LogP) is 1.95. The third-order valence-electron chi connectivity index (χ3n) is 2.64. The summed E-state index contributed by atoms with van der Waals surface area (Å²) in [4.78, 5) is 6.57. The lowest BCUT2D eigenvalue weighted by Gasteiger charge is -2.25. The van der Waals surface area contributed by atoms with Gasteiger partial charge in [-0.1, -0.05) is 13.8 Å². The average Bonchev–Trinajstić information content (AvgIpc) is 2.68. The summed E-state index contributed by atoms with van der Waals surface area (Å²) in [5, 5.41) is 2.10. The lowest BCUT2D eigenvalue weighted by atomic mass is 9.89. The minimum atomic E-state index is 0.246. The minimum absolute atomic E-state index is 0.246. The van der Waals surface area contributed by atoms with Gasteiger partial charge in [0.2, 0.25) is 0 Å². The highest BCUT2D eigenvalue weighted by molar-refractivity contribution is 7.07. The summed E-state index contributed by atoms with van der Waals surface area (Å²) >= 11 is 1.65. The molecule has 3 nitrogen and oxygen atoms in total. The zero-order valence-electron chi connectivity index (χ0n) is 9.86. The molecule has 0 fully saturated rings. The Morgan fingerprint density at radius 1 is 1.53 bits per heavy atom. The first kappa shape index (κ1) is 12.6. The molecule has 0 aliphatic carbocycles. The van der Waals surface area contributed by atoms with Crippen LogP contribution in [0.1, 0.15) is 26.0 Å². The van der Waals surface area contributed by atoms with Crippen molar-refractivity contribution in [2.45, 2.75) is 26.8 Å². The molecular weight excluding hydrogens is 206 g/mol. The fourth-order valence-electron chi connectivity index (χ4n) is 1.27. The molecule has 0 aliphatic rings. The van der Waals surface area contributed by atoms with Crippen LogP contribution >= 0.6 is 11.3 Å². The first-order chi connectivity index (χ1) is 7.03. The van der Waals surface area contributed by atoms with Crippen LogP contribution in [0.4, 0.5) is 0 Å². The van der Waals surface area contributed by atoms with Crippen LogP contribution in [0, 0.1) is 5.41 Å². The van der Waals surface area contributed by atoms with Crippen LogP contribution in [0.25, 0.3) is 0 Å². The van der Waals surface area contributed by atoms with Crippen molar-refractivity contribution in [2.24, 2.45) is 11.1 Å². The molecule has 0 unspecified atom stereocenters. The molecule has 1 heterocycles.